The van der Waals surface area contributed by atoms with E-state index in [9.17, 15) is 10.2 Å². The maximum atomic E-state index is 10.3. The molecule has 4 rings (SSSR count). The third-order valence-corrected chi connectivity index (χ3v) is 4.55. The van der Waals surface area contributed by atoms with Gasteiger partial charge in [-0.25, -0.2) is 0 Å². The molecule has 3 aromatic rings. The summed E-state index contributed by atoms with van der Waals surface area (Å²) < 4.78 is 0. The third-order valence-electron chi connectivity index (χ3n) is 4.55. The van der Waals surface area contributed by atoms with Crippen LogP contribution in [0, 0.1) is 6.92 Å². The highest BCUT2D eigenvalue weighted by Gasteiger charge is 2.28. The lowest BCUT2D eigenvalue weighted by atomic mass is 9.89. The molecular formula is C19H19N3O2. The van der Waals surface area contributed by atoms with E-state index in [1.165, 1.54) is 0 Å². The summed E-state index contributed by atoms with van der Waals surface area (Å²) in [5, 5.41) is 33.7. The van der Waals surface area contributed by atoms with Crippen molar-refractivity contribution in [2.45, 2.75) is 31.9 Å². The summed E-state index contributed by atoms with van der Waals surface area (Å²) in [4.78, 5) is 0. The fourth-order valence-electron chi connectivity index (χ4n) is 3.15. The van der Waals surface area contributed by atoms with Crippen LogP contribution in [0.15, 0.2) is 42.5 Å². The average molecular weight is 321 g/mol. The summed E-state index contributed by atoms with van der Waals surface area (Å²) in [6.45, 7) is 1.94. The second-order valence-electron chi connectivity index (χ2n) is 6.43. The summed E-state index contributed by atoms with van der Waals surface area (Å²) >= 11 is 0. The first kappa shape index (κ1) is 14.9. The number of anilines is 1. The molecule has 2 aromatic carbocycles. The second kappa shape index (κ2) is 5.76. The number of fused-ring (bicyclic) bond motifs is 1. The van der Waals surface area contributed by atoms with E-state index >= 15 is 0 Å². The van der Waals surface area contributed by atoms with Gasteiger partial charge in [0.15, 0.2) is 5.82 Å². The number of benzene rings is 2. The predicted octanol–water partition coefficient (Wildman–Crippen LogP) is 3.25. The van der Waals surface area contributed by atoms with Crippen molar-refractivity contribution >= 4 is 16.6 Å². The van der Waals surface area contributed by atoms with Crippen molar-refractivity contribution < 1.29 is 10.2 Å². The normalized spacial score (nSPS) is 19.9. The largest absolute Gasteiger partial charge is 0.507 e. The monoisotopic (exact) mass is 321 g/mol. The van der Waals surface area contributed by atoms with E-state index in [-0.39, 0.29) is 17.9 Å². The molecule has 0 bridgehead atoms. The van der Waals surface area contributed by atoms with E-state index in [1.807, 2.05) is 43.3 Å². The van der Waals surface area contributed by atoms with Crippen LogP contribution in [0.4, 0.5) is 5.82 Å². The number of phenols is 1. The molecule has 1 aliphatic rings. The van der Waals surface area contributed by atoms with Crippen molar-refractivity contribution in [2.75, 3.05) is 5.32 Å². The van der Waals surface area contributed by atoms with Gasteiger partial charge in [0.05, 0.1) is 6.10 Å². The van der Waals surface area contributed by atoms with E-state index < -0.39 is 0 Å². The first-order valence-electron chi connectivity index (χ1n) is 8.12. The molecule has 1 aliphatic carbocycles. The van der Waals surface area contributed by atoms with Crippen LogP contribution in [0.25, 0.3) is 22.0 Å². The Balaban J connectivity index is 1.80. The number of hydrogen-bond acceptors (Lipinski definition) is 5. The molecule has 0 spiro atoms. The first-order valence-corrected chi connectivity index (χ1v) is 8.12. The van der Waals surface area contributed by atoms with Gasteiger partial charge in [-0.1, -0.05) is 30.3 Å². The molecule has 5 heteroatoms. The summed E-state index contributed by atoms with van der Waals surface area (Å²) in [6, 6.07) is 13.7. The number of nitrogens with zero attached hydrogens (tertiary/aromatic N) is 2. The Labute approximate surface area is 140 Å². The number of nitrogens with one attached hydrogen (secondary N) is 1. The van der Waals surface area contributed by atoms with Gasteiger partial charge in [0.1, 0.15) is 11.4 Å². The Morgan fingerprint density at radius 1 is 1.04 bits per heavy atom. The standard InChI is InChI=1S/C19H19N3O2/c1-11-6-7-16(17(24)8-11)18-14-4-2-3-5-15(14)19(22-21-18)20-12-9-13(23)10-12/h2-8,12-13,23-24H,9-10H2,1H3,(H,20,22). The molecular weight excluding hydrogens is 302 g/mol. The second-order valence-corrected chi connectivity index (χ2v) is 6.43. The molecule has 0 unspecified atom stereocenters. The number of rotatable bonds is 3. The number of aromatic nitrogens is 2. The Morgan fingerprint density at radius 3 is 2.50 bits per heavy atom. The Kier molecular flexibility index (Phi) is 3.58. The van der Waals surface area contributed by atoms with Crippen LogP contribution in [0.3, 0.4) is 0 Å². The first-order chi connectivity index (χ1) is 11.6. The molecule has 0 aliphatic heterocycles. The highest BCUT2D eigenvalue weighted by atomic mass is 16.3. The number of phenolic OH excluding ortho intramolecular Hbond substituents is 1. The minimum Gasteiger partial charge on any atom is -0.507 e. The van der Waals surface area contributed by atoms with Crippen LogP contribution in [0.5, 0.6) is 5.75 Å². The van der Waals surface area contributed by atoms with E-state index in [0.29, 0.717) is 11.3 Å². The van der Waals surface area contributed by atoms with Gasteiger partial charge in [-0.2, -0.15) is 0 Å². The summed E-state index contributed by atoms with van der Waals surface area (Å²) in [5.41, 5.74) is 2.34. The third kappa shape index (κ3) is 2.57. The minimum atomic E-state index is -0.217. The molecule has 5 nitrogen and oxygen atoms in total. The number of hydrogen-bond donors (Lipinski definition) is 3. The van der Waals surface area contributed by atoms with Gasteiger partial charge < -0.3 is 15.5 Å². The van der Waals surface area contributed by atoms with Crippen LogP contribution in [0.2, 0.25) is 0 Å². The van der Waals surface area contributed by atoms with Gasteiger partial charge in [-0.3, -0.25) is 0 Å². The van der Waals surface area contributed by atoms with Crippen LogP contribution in [-0.2, 0) is 0 Å². The molecule has 1 fully saturated rings. The number of aromatic hydroxyl groups is 1. The van der Waals surface area contributed by atoms with Crippen molar-refractivity contribution in [3.63, 3.8) is 0 Å². The van der Waals surface area contributed by atoms with Gasteiger partial charge in [0, 0.05) is 22.4 Å². The van der Waals surface area contributed by atoms with Crippen LogP contribution in [-0.4, -0.2) is 32.6 Å². The van der Waals surface area contributed by atoms with Gasteiger partial charge in [0.2, 0.25) is 0 Å². The maximum Gasteiger partial charge on any atom is 0.156 e. The lowest BCUT2D eigenvalue weighted by molar-refractivity contribution is 0.0835. The van der Waals surface area contributed by atoms with Crippen molar-refractivity contribution in [1.29, 1.82) is 0 Å². The molecule has 3 N–H and O–H groups in total. The lowest BCUT2D eigenvalue weighted by Crippen LogP contribution is -2.39. The van der Waals surface area contributed by atoms with Crippen molar-refractivity contribution in [3.05, 3.63) is 48.0 Å². The fourth-order valence-corrected chi connectivity index (χ4v) is 3.15. The molecule has 0 saturated heterocycles. The molecule has 0 radical (unpaired) electrons. The molecule has 0 atom stereocenters. The zero-order chi connectivity index (χ0) is 16.7. The van der Waals surface area contributed by atoms with Gasteiger partial charge in [0.25, 0.3) is 0 Å². The smallest absolute Gasteiger partial charge is 0.156 e. The summed E-state index contributed by atoms with van der Waals surface area (Å²) in [5.74, 6) is 0.926. The topological polar surface area (TPSA) is 78.3 Å². The molecule has 1 aromatic heterocycles. The maximum absolute atomic E-state index is 10.3. The summed E-state index contributed by atoms with van der Waals surface area (Å²) in [7, 11) is 0. The predicted molar refractivity (Wildman–Crippen MR) is 94.0 cm³/mol. The average Bonchev–Trinajstić information content (AvgIpc) is 2.54. The number of aliphatic hydroxyl groups is 1. The van der Waals surface area contributed by atoms with E-state index in [1.54, 1.807) is 6.07 Å². The van der Waals surface area contributed by atoms with Crippen molar-refractivity contribution in [2.24, 2.45) is 0 Å². The molecule has 0 amide bonds. The number of aliphatic hydroxyl groups excluding tert-OH is 1. The van der Waals surface area contributed by atoms with E-state index in [4.69, 9.17) is 0 Å². The van der Waals surface area contributed by atoms with Gasteiger partial charge in [-0.05, 0) is 37.5 Å². The van der Waals surface area contributed by atoms with Gasteiger partial charge >= 0.3 is 0 Å². The highest BCUT2D eigenvalue weighted by molar-refractivity contribution is 6.00. The van der Waals surface area contributed by atoms with E-state index in [0.717, 1.165) is 35.0 Å². The molecule has 24 heavy (non-hydrogen) atoms. The molecule has 1 heterocycles. The Hall–Kier alpha value is -2.66. The Bertz CT molecular complexity index is 904. The van der Waals surface area contributed by atoms with Crippen molar-refractivity contribution in [3.8, 4) is 17.0 Å². The van der Waals surface area contributed by atoms with Gasteiger partial charge in [-0.15, -0.1) is 10.2 Å². The lowest BCUT2D eigenvalue weighted by Gasteiger charge is -2.32. The van der Waals surface area contributed by atoms with Crippen LogP contribution < -0.4 is 5.32 Å². The quantitative estimate of drug-likeness (QED) is 0.690. The summed E-state index contributed by atoms with van der Waals surface area (Å²) in [6.07, 6.45) is 1.25. The highest BCUT2D eigenvalue weighted by Crippen LogP contribution is 2.35. The minimum absolute atomic E-state index is 0.206. The number of aryl methyl sites for hydroxylation is 1. The van der Waals surface area contributed by atoms with Crippen LogP contribution >= 0.6 is 0 Å². The molecule has 1 saturated carbocycles. The SMILES string of the molecule is Cc1ccc(-c2nnc(NC3CC(O)C3)c3ccccc23)c(O)c1. The van der Waals surface area contributed by atoms with Crippen molar-refractivity contribution in [1.82, 2.24) is 10.2 Å². The zero-order valence-electron chi connectivity index (χ0n) is 13.4. The van der Waals surface area contributed by atoms with Crippen LogP contribution in [0.1, 0.15) is 18.4 Å². The van der Waals surface area contributed by atoms with E-state index in [2.05, 4.69) is 15.5 Å². The fraction of sp³-hybridized carbons (Fsp3) is 0.263. The molecule has 122 valence electrons. The zero-order valence-corrected chi connectivity index (χ0v) is 13.4. The Morgan fingerprint density at radius 2 is 1.79 bits per heavy atom.